The Morgan fingerprint density at radius 1 is 1.15 bits per heavy atom. The van der Waals surface area contributed by atoms with E-state index in [9.17, 15) is 0 Å². The van der Waals surface area contributed by atoms with Crippen LogP contribution in [0.4, 0.5) is 0 Å². The van der Waals surface area contributed by atoms with Crippen molar-refractivity contribution in [2.24, 2.45) is 5.73 Å². The standard InChI is InChI=1S/C10H20N2S/c11-9-3-5-12(6-4-9)7-8-13-10-1-2-10/h9-10H,1-8,11H2. The molecule has 76 valence electrons. The molecule has 3 heteroatoms. The Bertz CT molecular complexity index is 151. The summed E-state index contributed by atoms with van der Waals surface area (Å²) in [6.07, 6.45) is 5.34. The Kier molecular flexibility index (Phi) is 3.52. The molecule has 1 aliphatic carbocycles. The van der Waals surface area contributed by atoms with Crippen LogP contribution in [0, 0.1) is 0 Å². The van der Waals surface area contributed by atoms with E-state index >= 15 is 0 Å². The number of hydrogen-bond acceptors (Lipinski definition) is 3. The van der Waals surface area contributed by atoms with Gasteiger partial charge in [-0.3, -0.25) is 0 Å². The summed E-state index contributed by atoms with van der Waals surface area (Å²) in [5.41, 5.74) is 5.85. The summed E-state index contributed by atoms with van der Waals surface area (Å²) in [7, 11) is 0. The maximum atomic E-state index is 5.85. The van der Waals surface area contributed by atoms with E-state index in [1.807, 2.05) is 0 Å². The van der Waals surface area contributed by atoms with Gasteiger partial charge in [0.1, 0.15) is 0 Å². The molecule has 0 aromatic rings. The highest BCUT2D eigenvalue weighted by molar-refractivity contribution is 8.00. The molecule has 0 atom stereocenters. The number of thioether (sulfide) groups is 1. The van der Waals surface area contributed by atoms with Crippen LogP contribution >= 0.6 is 11.8 Å². The summed E-state index contributed by atoms with van der Waals surface area (Å²) in [4.78, 5) is 2.57. The van der Waals surface area contributed by atoms with Crippen LogP contribution in [0.25, 0.3) is 0 Å². The van der Waals surface area contributed by atoms with E-state index in [1.165, 1.54) is 51.1 Å². The fraction of sp³-hybridized carbons (Fsp3) is 1.00. The van der Waals surface area contributed by atoms with Gasteiger partial charge in [0.25, 0.3) is 0 Å². The van der Waals surface area contributed by atoms with Crippen LogP contribution in [-0.4, -0.2) is 41.6 Å². The first-order chi connectivity index (χ1) is 6.34. The van der Waals surface area contributed by atoms with Crippen molar-refractivity contribution in [3.05, 3.63) is 0 Å². The van der Waals surface area contributed by atoms with Crippen LogP contribution in [0.3, 0.4) is 0 Å². The van der Waals surface area contributed by atoms with Gasteiger partial charge in [0.15, 0.2) is 0 Å². The minimum absolute atomic E-state index is 0.479. The fourth-order valence-electron chi connectivity index (χ4n) is 1.76. The summed E-state index contributed by atoms with van der Waals surface area (Å²) >= 11 is 2.16. The van der Waals surface area contributed by atoms with Gasteiger partial charge in [-0.25, -0.2) is 0 Å². The predicted molar refractivity (Wildman–Crippen MR) is 59.1 cm³/mol. The minimum Gasteiger partial charge on any atom is -0.328 e. The number of rotatable bonds is 4. The van der Waals surface area contributed by atoms with Crippen molar-refractivity contribution in [3.63, 3.8) is 0 Å². The minimum atomic E-state index is 0.479. The van der Waals surface area contributed by atoms with Crippen molar-refractivity contribution < 1.29 is 0 Å². The van der Waals surface area contributed by atoms with Crippen molar-refractivity contribution in [3.8, 4) is 0 Å². The zero-order valence-electron chi connectivity index (χ0n) is 8.24. The molecule has 0 radical (unpaired) electrons. The Hall–Kier alpha value is 0.270. The lowest BCUT2D eigenvalue weighted by atomic mass is 10.1. The van der Waals surface area contributed by atoms with Crippen LogP contribution in [-0.2, 0) is 0 Å². The molecular weight excluding hydrogens is 180 g/mol. The molecule has 2 rings (SSSR count). The van der Waals surface area contributed by atoms with Gasteiger partial charge in [0.2, 0.25) is 0 Å². The van der Waals surface area contributed by atoms with E-state index < -0.39 is 0 Å². The predicted octanol–water partition coefficient (Wildman–Crippen LogP) is 1.31. The molecule has 2 nitrogen and oxygen atoms in total. The molecule has 0 amide bonds. The lowest BCUT2D eigenvalue weighted by molar-refractivity contribution is 0.225. The monoisotopic (exact) mass is 200 g/mol. The van der Waals surface area contributed by atoms with E-state index in [2.05, 4.69) is 16.7 Å². The van der Waals surface area contributed by atoms with Crippen molar-refractivity contribution in [2.75, 3.05) is 25.4 Å². The largest absolute Gasteiger partial charge is 0.328 e. The molecule has 0 unspecified atom stereocenters. The molecule has 1 saturated heterocycles. The van der Waals surface area contributed by atoms with E-state index in [4.69, 9.17) is 5.73 Å². The third-order valence-corrected chi connectivity index (χ3v) is 4.28. The number of nitrogens with zero attached hydrogens (tertiary/aromatic N) is 1. The Morgan fingerprint density at radius 2 is 1.85 bits per heavy atom. The molecule has 1 heterocycles. The van der Waals surface area contributed by atoms with Crippen LogP contribution < -0.4 is 5.73 Å². The molecule has 0 spiro atoms. The van der Waals surface area contributed by atoms with Crippen LogP contribution in [0.2, 0.25) is 0 Å². The van der Waals surface area contributed by atoms with Crippen LogP contribution in [0.1, 0.15) is 25.7 Å². The van der Waals surface area contributed by atoms with Gasteiger partial charge in [-0.1, -0.05) is 0 Å². The first-order valence-electron chi connectivity index (χ1n) is 5.44. The highest BCUT2D eigenvalue weighted by atomic mass is 32.2. The van der Waals surface area contributed by atoms with Gasteiger partial charge in [0.05, 0.1) is 0 Å². The Morgan fingerprint density at radius 3 is 2.46 bits per heavy atom. The normalized spacial score (nSPS) is 26.5. The second-order valence-corrected chi connectivity index (χ2v) is 5.66. The average Bonchev–Trinajstić information content (AvgIpc) is 2.92. The van der Waals surface area contributed by atoms with Crippen molar-refractivity contribution >= 4 is 11.8 Å². The molecule has 0 aromatic heterocycles. The summed E-state index contributed by atoms with van der Waals surface area (Å²) in [6, 6.07) is 0.479. The second kappa shape index (κ2) is 4.67. The smallest absolute Gasteiger partial charge is 0.00725 e. The number of hydrogen-bond donors (Lipinski definition) is 1. The van der Waals surface area contributed by atoms with Crippen molar-refractivity contribution in [1.29, 1.82) is 0 Å². The summed E-state index contributed by atoms with van der Waals surface area (Å²) < 4.78 is 0. The average molecular weight is 200 g/mol. The first kappa shape index (κ1) is 9.81. The third-order valence-electron chi connectivity index (χ3n) is 2.92. The second-order valence-electron chi connectivity index (χ2n) is 4.25. The Labute approximate surface area is 85.2 Å². The Balaban J connectivity index is 1.53. The summed E-state index contributed by atoms with van der Waals surface area (Å²) in [5.74, 6) is 1.33. The highest BCUT2D eigenvalue weighted by Gasteiger charge is 2.22. The SMILES string of the molecule is NC1CCN(CCSC2CC2)CC1. The van der Waals surface area contributed by atoms with E-state index in [1.54, 1.807) is 0 Å². The van der Waals surface area contributed by atoms with Crippen molar-refractivity contribution in [2.45, 2.75) is 37.0 Å². The molecule has 13 heavy (non-hydrogen) atoms. The molecule has 2 aliphatic rings. The quantitative estimate of drug-likeness (QED) is 0.742. The molecule has 2 N–H and O–H groups in total. The van der Waals surface area contributed by atoms with Gasteiger partial charge in [-0.05, 0) is 38.8 Å². The van der Waals surface area contributed by atoms with Crippen LogP contribution in [0.5, 0.6) is 0 Å². The van der Waals surface area contributed by atoms with Gasteiger partial charge >= 0.3 is 0 Å². The van der Waals surface area contributed by atoms with E-state index in [0.29, 0.717) is 6.04 Å². The van der Waals surface area contributed by atoms with Crippen molar-refractivity contribution in [1.82, 2.24) is 4.90 Å². The topological polar surface area (TPSA) is 29.3 Å². The lowest BCUT2D eigenvalue weighted by Crippen LogP contribution is -2.40. The van der Waals surface area contributed by atoms with Gasteiger partial charge < -0.3 is 10.6 Å². The zero-order valence-corrected chi connectivity index (χ0v) is 9.06. The summed E-state index contributed by atoms with van der Waals surface area (Å²) in [5, 5.41) is 1.02. The molecule has 0 aromatic carbocycles. The number of likely N-dealkylation sites (tertiary alicyclic amines) is 1. The zero-order chi connectivity index (χ0) is 9.10. The van der Waals surface area contributed by atoms with E-state index in [-0.39, 0.29) is 0 Å². The molecule has 0 bridgehead atoms. The molecule has 1 aliphatic heterocycles. The van der Waals surface area contributed by atoms with Crippen LogP contribution in [0.15, 0.2) is 0 Å². The number of piperidine rings is 1. The van der Waals surface area contributed by atoms with Gasteiger partial charge in [-0.15, -0.1) is 0 Å². The maximum Gasteiger partial charge on any atom is 0.00725 e. The van der Waals surface area contributed by atoms with Gasteiger partial charge in [0, 0.05) is 23.6 Å². The maximum absolute atomic E-state index is 5.85. The first-order valence-corrected chi connectivity index (χ1v) is 6.49. The lowest BCUT2D eigenvalue weighted by Gasteiger charge is -2.29. The molecular formula is C10H20N2S. The highest BCUT2D eigenvalue weighted by Crippen LogP contribution is 2.33. The fourth-order valence-corrected chi connectivity index (χ4v) is 2.93. The third kappa shape index (κ3) is 3.49. The van der Waals surface area contributed by atoms with Gasteiger partial charge in [-0.2, -0.15) is 11.8 Å². The molecule has 1 saturated carbocycles. The summed E-state index contributed by atoms with van der Waals surface area (Å²) in [6.45, 7) is 3.74. The number of nitrogens with two attached hydrogens (primary N) is 1. The molecule has 2 fully saturated rings. The van der Waals surface area contributed by atoms with E-state index in [0.717, 1.165) is 5.25 Å².